The van der Waals surface area contributed by atoms with Crippen LogP contribution in [0, 0.1) is 5.92 Å². The Morgan fingerprint density at radius 2 is 1.68 bits per heavy atom. The minimum atomic E-state index is -0.0776. The maximum Gasteiger partial charge on any atom is 0.219 e. The van der Waals surface area contributed by atoms with Gasteiger partial charge in [-0.3, -0.25) is 9.59 Å². The number of nitrogens with zero attached hydrogens (tertiary/aromatic N) is 1. The zero-order chi connectivity index (χ0) is 14.4. The van der Waals surface area contributed by atoms with Gasteiger partial charge in [0.15, 0.2) is 0 Å². The van der Waals surface area contributed by atoms with Crippen molar-refractivity contribution in [2.24, 2.45) is 5.92 Å². The van der Waals surface area contributed by atoms with Crippen molar-refractivity contribution in [2.45, 2.75) is 40.2 Å². The zero-order valence-corrected chi connectivity index (χ0v) is 12.2. The number of ketones is 1. The summed E-state index contributed by atoms with van der Waals surface area (Å²) in [7, 11) is 0. The molecule has 0 spiro atoms. The van der Waals surface area contributed by atoms with Gasteiger partial charge in [-0.1, -0.05) is 44.2 Å². The van der Waals surface area contributed by atoms with E-state index in [1.54, 1.807) is 18.7 Å². The average molecular weight is 261 g/mol. The molecule has 2 unspecified atom stereocenters. The third-order valence-electron chi connectivity index (χ3n) is 3.47. The van der Waals surface area contributed by atoms with Gasteiger partial charge in [-0.2, -0.15) is 0 Å². The molecule has 104 valence electrons. The molecule has 1 fully saturated rings. The summed E-state index contributed by atoms with van der Waals surface area (Å²) >= 11 is 0. The van der Waals surface area contributed by atoms with Gasteiger partial charge in [0, 0.05) is 19.4 Å². The topological polar surface area (TPSA) is 37.4 Å². The van der Waals surface area contributed by atoms with Crippen molar-refractivity contribution in [3.8, 4) is 0 Å². The molecule has 2 atom stereocenters. The van der Waals surface area contributed by atoms with E-state index in [1.807, 2.05) is 44.2 Å². The second-order valence-corrected chi connectivity index (χ2v) is 4.57. The first-order valence-corrected chi connectivity index (χ1v) is 6.94. The van der Waals surface area contributed by atoms with Gasteiger partial charge in [0.05, 0.1) is 6.04 Å². The first-order chi connectivity index (χ1) is 9.11. The number of benzene rings is 1. The number of carbonyl (C=O) groups excluding carboxylic acids is 2. The summed E-state index contributed by atoms with van der Waals surface area (Å²) in [4.78, 5) is 25.1. The van der Waals surface area contributed by atoms with Crippen LogP contribution in [0.1, 0.15) is 45.7 Å². The molecule has 2 rings (SSSR count). The Morgan fingerprint density at radius 3 is 2.16 bits per heavy atom. The fourth-order valence-corrected chi connectivity index (χ4v) is 2.63. The van der Waals surface area contributed by atoms with Crippen LogP contribution in [0.15, 0.2) is 30.3 Å². The summed E-state index contributed by atoms with van der Waals surface area (Å²) in [5.41, 5.74) is 1.06. The van der Waals surface area contributed by atoms with Gasteiger partial charge in [0.25, 0.3) is 0 Å². The van der Waals surface area contributed by atoms with Crippen molar-refractivity contribution in [3.05, 3.63) is 35.9 Å². The molecule has 19 heavy (non-hydrogen) atoms. The van der Waals surface area contributed by atoms with Gasteiger partial charge in [0.1, 0.15) is 5.78 Å². The van der Waals surface area contributed by atoms with E-state index < -0.39 is 0 Å². The average Bonchev–Trinajstić information content (AvgIpc) is 2.87. The lowest BCUT2D eigenvalue weighted by Crippen LogP contribution is -2.31. The number of Topliss-reactive ketones (excluding diaryl/α,β-unsaturated/α-hetero) is 1. The van der Waals surface area contributed by atoms with Crippen LogP contribution in [0.2, 0.25) is 0 Å². The van der Waals surface area contributed by atoms with E-state index >= 15 is 0 Å². The number of likely N-dealkylation sites (tertiary alicyclic amines) is 1. The Kier molecular flexibility index (Phi) is 5.74. The molecule has 1 aliphatic rings. The van der Waals surface area contributed by atoms with E-state index in [0.29, 0.717) is 6.54 Å². The van der Waals surface area contributed by atoms with Crippen LogP contribution in [0.5, 0.6) is 0 Å². The molecule has 3 heteroatoms. The Hall–Kier alpha value is -1.64. The zero-order valence-electron chi connectivity index (χ0n) is 12.2. The number of hydrogen-bond donors (Lipinski definition) is 0. The maximum absolute atomic E-state index is 11.7. The number of rotatable bonds is 2. The molecule has 1 heterocycles. The highest BCUT2D eigenvalue weighted by Crippen LogP contribution is 2.37. The van der Waals surface area contributed by atoms with Crippen molar-refractivity contribution in [3.63, 3.8) is 0 Å². The molecule has 1 amide bonds. The lowest BCUT2D eigenvalue weighted by molar-refractivity contribution is -0.130. The summed E-state index contributed by atoms with van der Waals surface area (Å²) in [6.07, 6.45) is 0.772. The predicted molar refractivity (Wildman–Crippen MR) is 76.7 cm³/mol. The first kappa shape index (κ1) is 15.4. The predicted octanol–water partition coefficient (Wildman–Crippen LogP) is 3.21. The Balaban J connectivity index is 0.000000861. The van der Waals surface area contributed by atoms with Crippen LogP contribution >= 0.6 is 0 Å². The van der Waals surface area contributed by atoms with Crippen molar-refractivity contribution in [1.82, 2.24) is 4.90 Å². The van der Waals surface area contributed by atoms with Crippen LogP contribution in [0.25, 0.3) is 0 Å². The fraction of sp³-hybridized carbons (Fsp3) is 0.500. The van der Waals surface area contributed by atoms with Crippen molar-refractivity contribution < 1.29 is 9.59 Å². The van der Waals surface area contributed by atoms with Crippen LogP contribution in [0.3, 0.4) is 0 Å². The highest BCUT2D eigenvalue weighted by Gasteiger charge is 2.38. The quantitative estimate of drug-likeness (QED) is 0.819. The highest BCUT2D eigenvalue weighted by atomic mass is 16.2. The second kappa shape index (κ2) is 7.07. The van der Waals surface area contributed by atoms with E-state index in [-0.39, 0.29) is 23.7 Å². The number of amides is 1. The first-order valence-electron chi connectivity index (χ1n) is 6.94. The molecule has 1 saturated heterocycles. The molecule has 0 N–H and O–H groups in total. The molecule has 0 aromatic heterocycles. The van der Waals surface area contributed by atoms with Crippen molar-refractivity contribution in [2.75, 3.05) is 6.54 Å². The summed E-state index contributed by atoms with van der Waals surface area (Å²) in [5.74, 6) is 0.159. The van der Waals surface area contributed by atoms with Crippen LogP contribution in [0.4, 0.5) is 0 Å². The molecular formula is C16H23NO2. The summed E-state index contributed by atoms with van der Waals surface area (Å²) in [5, 5.41) is 0. The Morgan fingerprint density at radius 1 is 1.11 bits per heavy atom. The highest BCUT2D eigenvalue weighted by molar-refractivity contribution is 5.82. The number of hydrogen-bond acceptors (Lipinski definition) is 2. The largest absolute Gasteiger partial charge is 0.335 e. The monoisotopic (exact) mass is 261 g/mol. The molecule has 1 aromatic carbocycles. The minimum Gasteiger partial charge on any atom is -0.335 e. The Bertz CT molecular complexity index is 406. The normalized spacial score (nSPS) is 21.6. The number of carbonyl (C=O) groups is 2. The minimum absolute atomic E-state index is 0.0441. The van der Waals surface area contributed by atoms with E-state index in [9.17, 15) is 9.59 Å². The molecule has 0 saturated carbocycles. The molecule has 1 aliphatic heterocycles. The van der Waals surface area contributed by atoms with E-state index in [1.165, 1.54) is 0 Å². The molecule has 1 aromatic rings. The smallest absolute Gasteiger partial charge is 0.219 e. The lowest BCUT2D eigenvalue weighted by Gasteiger charge is -2.26. The molecule has 3 nitrogen and oxygen atoms in total. The summed E-state index contributed by atoms with van der Waals surface area (Å²) in [6, 6.07) is 9.74. The summed E-state index contributed by atoms with van der Waals surface area (Å²) < 4.78 is 0. The second-order valence-electron chi connectivity index (χ2n) is 4.57. The molecule has 0 bridgehead atoms. The van der Waals surface area contributed by atoms with Gasteiger partial charge in [0.2, 0.25) is 5.91 Å². The molecular weight excluding hydrogens is 238 g/mol. The maximum atomic E-state index is 11.7. The van der Waals surface area contributed by atoms with Crippen molar-refractivity contribution >= 4 is 11.7 Å². The van der Waals surface area contributed by atoms with Crippen LogP contribution in [-0.4, -0.2) is 23.1 Å². The molecule has 0 aliphatic carbocycles. The SMILES string of the molecule is CC.CC(=O)C1CCN(C(C)=O)C1c1ccccc1. The van der Waals surface area contributed by atoms with Gasteiger partial charge >= 0.3 is 0 Å². The standard InChI is InChI=1S/C14H17NO2.C2H6/c1-10(16)13-8-9-15(11(2)17)14(13)12-6-4-3-5-7-12;1-2/h3-7,13-14H,8-9H2,1-2H3;1-2H3. The van der Waals surface area contributed by atoms with Gasteiger partial charge < -0.3 is 4.90 Å². The third kappa shape index (κ3) is 3.43. The van der Waals surface area contributed by atoms with E-state index in [4.69, 9.17) is 0 Å². The van der Waals surface area contributed by atoms with Gasteiger partial charge in [-0.05, 0) is 18.9 Å². The third-order valence-corrected chi connectivity index (χ3v) is 3.47. The van der Waals surface area contributed by atoms with E-state index in [2.05, 4.69) is 0 Å². The van der Waals surface area contributed by atoms with E-state index in [0.717, 1.165) is 12.0 Å². The van der Waals surface area contributed by atoms with Gasteiger partial charge in [-0.25, -0.2) is 0 Å². The van der Waals surface area contributed by atoms with Gasteiger partial charge in [-0.15, -0.1) is 0 Å². The summed E-state index contributed by atoms with van der Waals surface area (Å²) in [6.45, 7) is 7.86. The lowest BCUT2D eigenvalue weighted by atomic mass is 9.91. The van der Waals surface area contributed by atoms with Crippen LogP contribution in [-0.2, 0) is 9.59 Å². The fourth-order valence-electron chi connectivity index (χ4n) is 2.63. The van der Waals surface area contributed by atoms with Crippen molar-refractivity contribution in [1.29, 1.82) is 0 Å². The van der Waals surface area contributed by atoms with Crippen LogP contribution < -0.4 is 0 Å². The Labute approximate surface area is 115 Å². The molecule has 0 radical (unpaired) electrons.